The summed E-state index contributed by atoms with van der Waals surface area (Å²) in [5.74, 6) is 1.65. The summed E-state index contributed by atoms with van der Waals surface area (Å²) in [6.45, 7) is 4.00. The van der Waals surface area contributed by atoms with Crippen LogP contribution in [0.5, 0.6) is 0 Å². The number of fused-ring (bicyclic) bond motifs is 1. The van der Waals surface area contributed by atoms with Crippen LogP contribution in [0.2, 0.25) is 0 Å². The minimum absolute atomic E-state index is 0.000463. The maximum absolute atomic E-state index is 13.1. The predicted octanol–water partition coefficient (Wildman–Crippen LogP) is 0.558. The van der Waals surface area contributed by atoms with E-state index in [9.17, 15) is 4.79 Å². The molecule has 1 saturated heterocycles. The van der Waals surface area contributed by atoms with Gasteiger partial charge in [-0.25, -0.2) is 4.98 Å². The van der Waals surface area contributed by atoms with Gasteiger partial charge in [0.2, 0.25) is 0 Å². The molecular weight excluding hydrogens is 306 g/mol. The zero-order valence-corrected chi connectivity index (χ0v) is 13.7. The first-order valence-corrected chi connectivity index (χ1v) is 7.95. The number of aromatic nitrogens is 5. The van der Waals surface area contributed by atoms with Gasteiger partial charge < -0.3 is 14.8 Å². The first-order chi connectivity index (χ1) is 11.6. The van der Waals surface area contributed by atoms with E-state index < -0.39 is 0 Å². The second-order valence-electron chi connectivity index (χ2n) is 6.01. The Balaban J connectivity index is 1.70. The minimum Gasteiger partial charge on any atom is -0.336 e. The average molecular weight is 325 g/mol. The van der Waals surface area contributed by atoms with Gasteiger partial charge >= 0.3 is 0 Å². The molecule has 3 aromatic heterocycles. The van der Waals surface area contributed by atoms with Crippen molar-refractivity contribution in [2.75, 3.05) is 19.6 Å². The molecule has 0 radical (unpaired) electrons. The smallest absolute Gasteiger partial charge is 0.256 e. The van der Waals surface area contributed by atoms with Gasteiger partial charge in [-0.2, -0.15) is 0 Å². The summed E-state index contributed by atoms with van der Waals surface area (Å²) in [5.41, 5.74) is 1.37. The summed E-state index contributed by atoms with van der Waals surface area (Å²) in [7, 11) is 1.95. The Labute approximate surface area is 139 Å². The van der Waals surface area contributed by atoms with Crippen LogP contribution in [0, 0.1) is 6.92 Å². The molecule has 1 atom stereocenters. The van der Waals surface area contributed by atoms with Gasteiger partial charge in [-0.3, -0.25) is 9.20 Å². The number of aryl methyl sites for hydroxylation is 2. The lowest BCUT2D eigenvalue weighted by Gasteiger charge is -2.35. The second-order valence-corrected chi connectivity index (χ2v) is 6.01. The first kappa shape index (κ1) is 14.8. The van der Waals surface area contributed by atoms with Crippen LogP contribution in [-0.4, -0.2) is 54.6 Å². The minimum atomic E-state index is -0.0797. The Kier molecular flexibility index (Phi) is 3.53. The molecule has 1 unspecified atom stereocenters. The molecule has 0 aromatic carbocycles. The number of carbonyl (C=O) groups excluding carboxylic acids is 1. The fourth-order valence-corrected chi connectivity index (χ4v) is 3.17. The van der Waals surface area contributed by atoms with Gasteiger partial charge in [-0.05, 0) is 19.1 Å². The Bertz CT molecular complexity index is 897. The van der Waals surface area contributed by atoms with Gasteiger partial charge in [0.05, 0.1) is 5.56 Å². The molecule has 0 saturated carbocycles. The van der Waals surface area contributed by atoms with Crippen molar-refractivity contribution in [3.05, 3.63) is 47.9 Å². The molecule has 8 nitrogen and oxygen atoms in total. The SMILES string of the molecule is Cc1nnc2ccc(C(=O)N3CCNCC3c3nccn3C)cn12. The van der Waals surface area contributed by atoms with Gasteiger partial charge in [0.15, 0.2) is 5.65 Å². The van der Waals surface area contributed by atoms with Gasteiger partial charge in [0.1, 0.15) is 17.7 Å². The van der Waals surface area contributed by atoms with E-state index in [2.05, 4.69) is 20.5 Å². The van der Waals surface area contributed by atoms with Gasteiger partial charge in [-0.1, -0.05) is 0 Å². The lowest BCUT2D eigenvalue weighted by atomic mass is 10.1. The topological polar surface area (TPSA) is 80.3 Å². The number of hydrogen-bond acceptors (Lipinski definition) is 5. The number of amides is 1. The number of nitrogens with one attached hydrogen (secondary N) is 1. The van der Waals surface area contributed by atoms with Crippen molar-refractivity contribution in [2.24, 2.45) is 7.05 Å². The van der Waals surface area contributed by atoms with Crippen LogP contribution in [0.4, 0.5) is 0 Å². The van der Waals surface area contributed by atoms with E-state index in [1.165, 1.54) is 0 Å². The number of pyridine rings is 1. The lowest BCUT2D eigenvalue weighted by molar-refractivity contribution is 0.0620. The summed E-state index contributed by atoms with van der Waals surface area (Å²) in [5, 5.41) is 11.5. The van der Waals surface area contributed by atoms with Crippen LogP contribution in [0.25, 0.3) is 5.65 Å². The van der Waals surface area contributed by atoms with Crippen molar-refractivity contribution < 1.29 is 4.79 Å². The zero-order valence-electron chi connectivity index (χ0n) is 13.7. The average Bonchev–Trinajstić information content (AvgIpc) is 3.20. The van der Waals surface area contributed by atoms with Crippen LogP contribution in [0.1, 0.15) is 28.0 Å². The molecule has 24 heavy (non-hydrogen) atoms. The van der Waals surface area contributed by atoms with Crippen LogP contribution < -0.4 is 5.32 Å². The molecule has 0 bridgehead atoms. The Morgan fingerprint density at radius 1 is 1.33 bits per heavy atom. The van der Waals surface area contributed by atoms with Crippen molar-refractivity contribution in [3.63, 3.8) is 0 Å². The Hall–Kier alpha value is -2.74. The zero-order chi connectivity index (χ0) is 16.7. The third kappa shape index (κ3) is 2.35. The number of hydrogen-bond donors (Lipinski definition) is 1. The predicted molar refractivity (Wildman–Crippen MR) is 87.6 cm³/mol. The highest BCUT2D eigenvalue weighted by molar-refractivity contribution is 5.94. The van der Waals surface area contributed by atoms with Crippen LogP contribution >= 0.6 is 0 Å². The first-order valence-electron chi connectivity index (χ1n) is 7.95. The molecule has 1 N–H and O–H groups in total. The van der Waals surface area contributed by atoms with Crippen molar-refractivity contribution in [1.82, 2.24) is 34.4 Å². The van der Waals surface area contributed by atoms with Gasteiger partial charge in [-0.15, -0.1) is 10.2 Å². The lowest BCUT2D eigenvalue weighted by Crippen LogP contribution is -2.49. The molecule has 1 amide bonds. The third-order valence-electron chi connectivity index (χ3n) is 4.48. The monoisotopic (exact) mass is 325 g/mol. The summed E-state index contributed by atoms with van der Waals surface area (Å²) in [4.78, 5) is 19.4. The van der Waals surface area contributed by atoms with E-state index in [0.717, 1.165) is 23.8 Å². The second kappa shape index (κ2) is 5.72. The van der Waals surface area contributed by atoms with E-state index in [-0.39, 0.29) is 11.9 Å². The molecule has 0 aliphatic carbocycles. The molecular formula is C16H19N7O. The molecule has 8 heteroatoms. The van der Waals surface area contributed by atoms with E-state index in [1.807, 2.05) is 52.4 Å². The molecule has 1 fully saturated rings. The van der Waals surface area contributed by atoms with Gasteiger partial charge in [0.25, 0.3) is 5.91 Å². The molecule has 4 heterocycles. The highest BCUT2D eigenvalue weighted by Crippen LogP contribution is 2.23. The number of piperazine rings is 1. The number of carbonyl (C=O) groups is 1. The van der Waals surface area contributed by atoms with Crippen LogP contribution in [-0.2, 0) is 7.05 Å². The number of rotatable bonds is 2. The fraction of sp³-hybridized carbons (Fsp3) is 0.375. The van der Waals surface area contributed by atoms with E-state index in [0.29, 0.717) is 18.7 Å². The summed E-state index contributed by atoms with van der Waals surface area (Å²) in [6, 6.07) is 3.55. The molecule has 0 spiro atoms. The largest absolute Gasteiger partial charge is 0.336 e. The normalized spacial score (nSPS) is 18.2. The summed E-state index contributed by atoms with van der Waals surface area (Å²) < 4.78 is 3.80. The highest BCUT2D eigenvalue weighted by atomic mass is 16.2. The Morgan fingerprint density at radius 3 is 3.00 bits per heavy atom. The molecule has 1 aliphatic rings. The van der Waals surface area contributed by atoms with E-state index >= 15 is 0 Å². The number of nitrogens with zero attached hydrogens (tertiary/aromatic N) is 6. The van der Waals surface area contributed by atoms with E-state index in [4.69, 9.17) is 0 Å². The van der Waals surface area contributed by atoms with Crippen molar-refractivity contribution >= 4 is 11.6 Å². The molecule has 124 valence electrons. The Morgan fingerprint density at radius 2 is 2.21 bits per heavy atom. The van der Waals surface area contributed by atoms with Crippen LogP contribution in [0.15, 0.2) is 30.7 Å². The fourth-order valence-electron chi connectivity index (χ4n) is 3.17. The molecule has 3 aromatic rings. The summed E-state index contributed by atoms with van der Waals surface area (Å²) >= 11 is 0. The third-order valence-corrected chi connectivity index (χ3v) is 4.48. The van der Waals surface area contributed by atoms with Crippen LogP contribution in [0.3, 0.4) is 0 Å². The number of imidazole rings is 1. The van der Waals surface area contributed by atoms with Gasteiger partial charge in [0, 0.05) is 45.3 Å². The van der Waals surface area contributed by atoms with Crippen molar-refractivity contribution in [3.8, 4) is 0 Å². The standard InChI is InChI=1S/C16H19N7O/c1-11-19-20-14-4-3-12(10-23(11)14)16(24)22-8-5-17-9-13(22)15-18-6-7-21(15)2/h3-4,6-7,10,13,17H,5,8-9H2,1-2H3. The van der Waals surface area contributed by atoms with Crippen molar-refractivity contribution in [1.29, 1.82) is 0 Å². The van der Waals surface area contributed by atoms with Crippen molar-refractivity contribution in [2.45, 2.75) is 13.0 Å². The quantitative estimate of drug-likeness (QED) is 0.744. The maximum atomic E-state index is 13.1. The molecule has 1 aliphatic heterocycles. The summed E-state index contributed by atoms with van der Waals surface area (Å²) in [6.07, 6.45) is 5.48. The highest BCUT2D eigenvalue weighted by Gasteiger charge is 2.31. The van der Waals surface area contributed by atoms with E-state index in [1.54, 1.807) is 6.20 Å². The molecule has 4 rings (SSSR count). The maximum Gasteiger partial charge on any atom is 0.256 e.